The summed E-state index contributed by atoms with van der Waals surface area (Å²) in [5, 5.41) is 0.669. The first-order chi connectivity index (χ1) is 9.90. The molecule has 1 aromatic rings. The van der Waals surface area contributed by atoms with Crippen LogP contribution in [0.1, 0.15) is 45.6 Å². The number of fused-ring (bicyclic) bond motifs is 2. The Morgan fingerprint density at radius 2 is 2.19 bits per heavy atom. The normalized spacial score (nSPS) is 34.7. The van der Waals surface area contributed by atoms with Crippen LogP contribution in [0.4, 0.5) is 0 Å². The van der Waals surface area contributed by atoms with E-state index in [-0.39, 0.29) is 17.3 Å². The fourth-order valence-corrected chi connectivity index (χ4v) is 3.98. The van der Waals surface area contributed by atoms with Crippen molar-refractivity contribution in [3.8, 4) is 5.75 Å². The molecule has 21 heavy (non-hydrogen) atoms. The lowest BCUT2D eigenvalue weighted by atomic mass is 9.75. The highest BCUT2D eigenvalue weighted by atomic mass is 35.5. The number of halogens is 1. The van der Waals surface area contributed by atoms with Crippen LogP contribution in [0.3, 0.4) is 0 Å². The summed E-state index contributed by atoms with van der Waals surface area (Å²) < 4.78 is 12.7. The molecular formula is C17H24ClNO2. The highest BCUT2D eigenvalue weighted by Crippen LogP contribution is 2.55. The summed E-state index contributed by atoms with van der Waals surface area (Å²) >= 11 is 6.22. The van der Waals surface area contributed by atoms with Crippen LogP contribution in [0.5, 0.6) is 5.75 Å². The number of hydrogen-bond donors (Lipinski definition) is 1. The molecule has 0 saturated carbocycles. The topological polar surface area (TPSA) is 44.5 Å². The zero-order valence-electron chi connectivity index (χ0n) is 13.0. The molecule has 2 N–H and O–H groups in total. The molecule has 0 unspecified atom stereocenters. The maximum absolute atomic E-state index is 6.41. The molecule has 1 aromatic carbocycles. The van der Waals surface area contributed by atoms with Gasteiger partial charge in [0.05, 0.1) is 5.60 Å². The van der Waals surface area contributed by atoms with Gasteiger partial charge in [0, 0.05) is 23.6 Å². The number of benzene rings is 1. The standard InChI is InChI=1S/C17H24ClNO2/c1-11(2)17-8-7-16(3,21-17)15(9-17)20-14-6-4-5-13(18)12(14)10-19/h4-6,11,15H,7-10,19H2,1-3H3/t15-,16+,17+/m1/s1. The minimum absolute atomic E-state index is 0.0269. The number of rotatable bonds is 4. The molecule has 2 fully saturated rings. The van der Waals surface area contributed by atoms with Gasteiger partial charge in [-0.1, -0.05) is 31.5 Å². The van der Waals surface area contributed by atoms with Crippen molar-refractivity contribution in [1.29, 1.82) is 0 Å². The third kappa shape index (κ3) is 2.36. The molecule has 2 saturated heterocycles. The molecule has 3 rings (SSSR count). The van der Waals surface area contributed by atoms with E-state index in [1.54, 1.807) is 0 Å². The lowest BCUT2D eigenvalue weighted by Crippen LogP contribution is -2.40. The Bertz CT molecular complexity index is 548. The first kappa shape index (κ1) is 15.1. The highest BCUT2D eigenvalue weighted by Gasteiger charge is 2.61. The van der Waals surface area contributed by atoms with Gasteiger partial charge in [-0.2, -0.15) is 0 Å². The molecule has 3 atom stereocenters. The summed E-state index contributed by atoms with van der Waals surface area (Å²) in [6.45, 7) is 7.02. The average molecular weight is 310 g/mol. The predicted octanol–water partition coefficient (Wildman–Crippen LogP) is 3.91. The first-order valence-electron chi connectivity index (χ1n) is 7.74. The van der Waals surface area contributed by atoms with Crippen molar-refractivity contribution >= 4 is 11.6 Å². The van der Waals surface area contributed by atoms with Gasteiger partial charge in [0.1, 0.15) is 17.5 Å². The molecular weight excluding hydrogens is 286 g/mol. The van der Waals surface area contributed by atoms with E-state index in [0.29, 0.717) is 17.5 Å². The summed E-state index contributed by atoms with van der Waals surface area (Å²) in [6, 6.07) is 5.71. The summed E-state index contributed by atoms with van der Waals surface area (Å²) in [5.74, 6) is 1.30. The van der Waals surface area contributed by atoms with Crippen LogP contribution in [-0.2, 0) is 11.3 Å². The fourth-order valence-electron chi connectivity index (χ4n) is 3.74. The van der Waals surface area contributed by atoms with Crippen LogP contribution >= 0.6 is 11.6 Å². The Kier molecular flexibility index (Phi) is 3.71. The molecule has 2 heterocycles. The van der Waals surface area contributed by atoms with Gasteiger partial charge in [-0.15, -0.1) is 0 Å². The summed E-state index contributed by atoms with van der Waals surface area (Å²) in [7, 11) is 0. The molecule has 3 nitrogen and oxygen atoms in total. The lowest BCUT2D eigenvalue weighted by Gasteiger charge is -2.32. The van der Waals surface area contributed by atoms with Crippen molar-refractivity contribution in [3.05, 3.63) is 28.8 Å². The number of ether oxygens (including phenoxy) is 2. The Morgan fingerprint density at radius 3 is 2.81 bits per heavy atom. The largest absolute Gasteiger partial charge is 0.487 e. The van der Waals surface area contributed by atoms with Crippen LogP contribution < -0.4 is 10.5 Å². The molecule has 0 aromatic heterocycles. The van der Waals surface area contributed by atoms with E-state index in [9.17, 15) is 0 Å². The fraction of sp³-hybridized carbons (Fsp3) is 0.647. The average Bonchev–Trinajstić information content (AvgIpc) is 2.91. The highest BCUT2D eigenvalue weighted by molar-refractivity contribution is 6.31. The summed E-state index contributed by atoms with van der Waals surface area (Å²) in [5.41, 5.74) is 6.47. The van der Waals surface area contributed by atoms with E-state index in [1.807, 2.05) is 18.2 Å². The third-order valence-electron chi connectivity index (χ3n) is 5.29. The second-order valence-electron chi connectivity index (χ2n) is 6.87. The molecule has 2 aliphatic rings. The van der Waals surface area contributed by atoms with E-state index >= 15 is 0 Å². The minimum atomic E-state index is -0.196. The smallest absolute Gasteiger partial charge is 0.130 e. The van der Waals surface area contributed by atoms with E-state index < -0.39 is 0 Å². The van der Waals surface area contributed by atoms with E-state index in [2.05, 4.69) is 20.8 Å². The molecule has 0 amide bonds. The third-order valence-corrected chi connectivity index (χ3v) is 5.65. The zero-order chi connectivity index (χ0) is 15.3. The molecule has 0 radical (unpaired) electrons. The van der Waals surface area contributed by atoms with Gasteiger partial charge in [-0.25, -0.2) is 0 Å². The maximum Gasteiger partial charge on any atom is 0.130 e. The van der Waals surface area contributed by atoms with E-state index in [1.165, 1.54) is 0 Å². The van der Waals surface area contributed by atoms with Gasteiger partial charge < -0.3 is 15.2 Å². The SMILES string of the molecule is CC(C)[C@@]12CC[C@](C)(O1)[C@H](Oc1cccc(Cl)c1CN)C2. The number of hydrogen-bond acceptors (Lipinski definition) is 3. The van der Waals surface area contributed by atoms with Gasteiger partial charge in [-0.3, -0.25) is 0 Å². The quantitative estimate of drug-likeness (QED) is 0.917. The van der Waals surface area contributed by atoms with Crippen molar-refractivity contribution in [2.75, 3.05) is 0 Å². The van der Waals surface area contributed by atoms with Crippen molar-refractivity contribution in [1.82, 2.24) is 0 Å². The minimum Gasteiger partial charge on any atom is -0.487 e. The van der Waals surface area contributed by atoms with Crippen molar-refractivity contribution in [3.63, 3.8) is 0 Å². The van der Waals surface area contributed by atoms with Gasteiger partial charge in [0.2, 0.25) is 0 Å². The van der Waals surface area contributed by atoms with Gasteiger partial charge in [0.15, 0.2) is 0 Å². The second-order valence-corrected chi connectivity index (χ2v) is 7.27. The molecule has 4 heteroatoms. The molecule has 0 spiro atoms. The van der Waals surface area contributed by atoms with Gasteiger partial charge in [0.25, 0.3) is 0 Å². The maximum atomic E-state index is 6.41. The first-order valence-corrected chi connectivity index (χ1v) is 8.12. The monoisotopic (exact) mass is 309 g/mol. The molecule has 0 aliphatic carbocycles. The molecule has 2 bridgehead atoms. The number of nitrogens with two attached hydrogens (primary N) is 1. The van der Waals surface area contributed by atoms with Crippen molar-refractivity contribution in [2.45, 2.75) is 63.9 Å². The lowest BCUT2D eigenvalue weighted by molar-refractivity contribution is -0.0770. The van der Waals surface area contributed by atoms with E-state index in [4.69, 9.17) is 26.8 Å². The molecule has 2 aliphatic heterocycles. The van der Waals surface area contributed by atoms with Crippen LogP contribution in [-0.4, -0.2) is 17.3 Å². The van der Waals surface area contributed by atoms with Crippen LogP contribution in [0.2, 0.25) is 5.02 Å². The second kappa shape index (κ2) is 5.15. The Labute approximate surface area is 131 Å². The van der Waals surface area contributed by atoms with Crippen molar-refractivity contribution < 1.29 is 9.47 Å². The predicted molar refractivity (Wildman–Crippen MR) is 84.7 cm³/mol. The Balaban J connectivity index is 1.86. The van der Waals surface area contributed by atoms with Gasteiger partial charge in [-0.05, 0) is 37.8 Å². The van der Waals surface area contributed by atoms with E-state index in [0.717, 1.165) is 30.6 Å². The Morgan fingerprint density at radius 1 is 1.43 bits per heavy atom. The summed E-state index contributed by atoms with van der Waals surface area (Å²) in [6.07, 6.45) is 3.18. The molecule has 116 valence electrons. The van der Waals surface area contributed by atoms with Crippen molar-refractivity contribution in [2.24, 2.45) is 11.7 Å². The van der Waals surface area contributed by atoms with Gasteiger partial charge >= 0.3 is 0 Å². The van der Waals surface area contributed by atoms with Crippen LogP contribution in [0.25, 0.3) is 0 Å². The van der Waals surface area contributed by atoms with Crippen LogP contribution in [0, 0.1) is 5.92 Å². The van der Waals surface area contributed by atoms with Crippen LogP contribution in [0.15, 0.2) is 18.2 Å². The summed E-state index contributed by atoms with van der Waals surface area (Å²) in [4.78, 5) is 0. The Hall–Kier alpha value is -0.770. The zero-order valence-corrected chi connectivity index (χ0v) is 13.7.